The van der Waals surface area contributed by atoms with Crippen molar-refractivity contribution in [2.45, 2.75) is 26.3 Å². The van der Waals surface area contributed by atoms with Gasteiger partial charge in [-0.25, -0.2) is 0 Å². The number of benzene rings is 1. The minimum Gasteiger partial charge on any atom is -0.372 e. The van der Waals surface area contributed by atoms with E-state index in [2.05, 4.69) is 53.1 Å². The molecule has 1 nitrogen and oxygen atoms in total. The lowest BCUT2D eigenvalue weighted by molar-refractivity contribution is 0.857. The monoisotopic (exact) mass is 251 g/mol. The van der Waals surface area contributed by atoms with E-state index in [4.69, 9.17) is 6.42 Å². The highest BCUT2D eigenvalue weighted by atomic mass is 79.9. The van der Waals surface area contributed by atoms with Crippen LogP contribution < -0.4 is 5.32 Å². The molecule has 0 saturated carbocycles. The molecule has 2 heteroatoms. The Morgan fingerprint density at radius 1 is 1.50 bits per heavy atom. The van der Waals surface area contributed by atoms with Crippen LogP contribution in [0, 0.1) is 19.3 Å². The molecular weight excluding hydrogens is 238 g/mol. The smallest absolute Gasteiger partial charge is 0.0871 e. The van der Waals surface area contributed by atoms with E-state index in [1.54, 1.807) is 0 Å². The molecule has 1 rings (SSSR count). The number of halogens is 1. The summed E-state index contributed by atoms with van der Waals surface area (Å²) >= 11 is 3.46. The number of hydrogen-bond acceptors (Lipinski definition) is 1. The van der Waals surface area contributed by atoms with Gasteiger partial charge in [-0.05, 0) is 37.1 Å². The van der Waals surface area contributed by atoms with Crippen LogP contribution in [0.5, 0.6) is 0 Å². The van der Waals surface area contributed by atoms with Gasteiger partial charge in [-0.15, -0.1) is 6.42 Å². The number of rotatable bonds is 3. The van der Waals surface area contributed by atoms with Gasteiger partial charge in [0.05, 0.1) is 6.04 Å². The van der Waals surface area contributed by atoms with Gasteiger partial charge in [0, 0.05) is 10.2 Å². The molecular formula is C12H14BrN. The van der Waals surface area contributed by atoms with E-state index in [9.17, 15) is 0 Å². The van der Waals surface area contributed by atoms with Crippen molar-refractivity contribution in [1.82, 2.24) is 0 Å². The Morgan fingerprint density at radius 2 is 2.21 bits per heavy atom. The van der Waals surface area contributed by atoms with Gasteiger partial charge >= 0.3 is 0 Å². The average Bonchev–Trinajstić information content (AvgIpc) is 2.12. The highest BCUT2D eigenvalue weighted by Crippen LogP contribution is 2.19. The second-order valence-corrected chi connectivity index (χ2v) is 4.20. The summed E-state index contributed by atoms with van der Waals surface area (Å²) in [6.45, 7) is 4.13. The van der Waals surface area contributed by atoms with Gasteiger partial charge in [-0.1, -0.05) is 28.8 Å². The Bertz CT molecular complexity index is 332. The fraction of sp³-hybridized carbons (Fsp3) is 0.333. The second-order valence-electron chi connectivity index (χ2n) is 3.29. The molecule has 1 unspecified atom stereocenters. The first-order valence-corrected chi connectivity index (χ1v) is 5.45. The summed E-state index contributed by atoms with van der Waals surface area (Å²) in [7, 11) is 0. The van der Waals surface area contributed by atoms with Crippen LogP contribution >= 0.6 is 15.9 Å². The first kappa shape index (κ1) is 11.1. The van der Waals surface area contributed by atoms with Crippen LogP contribution in [0.3, 0.4) is 0 Å². The van der Waals surface area contributed by atoms with Gasteiger partial charge in [-0.2, -0.15) is 0 Å². The fourth-order valence-corrected chi connectivity index (χ4v) is 1.89. The van der Waals surface area contributed by atoms with Crippen molar-refractivity contribution < 1.29 is 0 Å². The molecule has 1 aromatic rings. The Kier molecular flexibility index (Phi) is 4.03. The van der Waals surface area contributed by atoms with Crippen LogP contribution in [-0.4, -0.2) is 6.04 Å². The van der Waals surface area contributed by atoms with E-state index in [0.717, 1.165) is 16.6 Å². The molecule has 0 aliphatic heterocycles. The summed E-state index contributed by atoms with van der Waals surface area (Å²) in [5.41, 5.74) is 2.29. The van der Waals surface area contributed by atoms with Gasteiger partial charge in [0.25, 0.3) is 0 Å². The SMILES string of the molecule is C#CC(CC)Nc1cc(C)cc(Br)c1. The summed E-state index contributed by atoms with van der Waals surface area (Å²) in [6.07, 6.45) is 6.32. The van der Waals surface area contributed by atoms with Crippen LogP contribution in [0.4, 0.5) is 5.69 Å². The zero-order valence-corrected chi connectivity index (χ0v) is 10.1. The van der Waals surface area contributed by atoms with E-state index in [1.807, 2.05) is 6.07 Å². The summed E-state index contributed by atoms with van der Waals surface area (Å²) in [6, 6.07) is 6.31. The molecule has 0 aromatic heterocycles. The average molecular weight is 252 g/mol. The fourth-order valence-electron chi connectivity index (χ4n) is 1.28. The summed E-state index contributed by atoms with van der Waals surface area (Å²) in [4.78, 5) is 0. The van der Waals surface area contributed by atoms with Gasteiger partial charge in [0.2, 0.25) is 0 Å². The van der Waals surface area contributed by atoms with E-state index in [1.165, 1.54) is 5.56 Å². The molecule has 14 heavy (non-hydrogen) atoms. The summed E-state index contributed by atoms with van der Waals surface area (Å²) in [5.74, 6) is 2.71. The van der Waals surface area contributed by atoms with Crippen molar-refractivity contribution in [2.75, 3.05) is 5.32 Å². The minimum atomic E-state index is 0.115. The Labute approximate surface area is 94.0 Å². The van der Waals surface area contributed by atoms with E-state index in [-0.39, 0.29) is 6.04 Å². The number of nitrogens with one attached hydrogen (secondary N) is 1. The molecule has 1 atom stereocenters. The molecule has 0 spiro atoms. The first-order chi connectivity index (χ1) is 6.65. The lowest BCUT2D eigenvalue weighted by atomic mass is 10.2. The highest BCUT2D eigenvalue weighted by molar-refractivity contribution is 9.10. The Balaban J connectivity index is 2.82. The molecule has 0 saturated heterocycles. The maximum Gasteiger partial charge on any atom is 0.0871 e. The predicted octanol–water partition coefficient (Wildman–Crippen LogP) is 3.58. The third-order valence-corrected chi connectivity index (χ3v) is 2.45. The summed E-state index contributed by atoms with van der Waals surface area (Å²) in [5, 5.41) is 3.29. The largest absolute Gasteiger partial charge is 0.372 e. The minimum absolute atomic E-state index is 0.115. The number of anilines is 1. The molecule has 0 radical (unpaired) electrons. The van der Waals surface area contributed by atoms with Crippen molar-refractivity contribution >= 4 is 21.6 Å². The molecule has 0 heterocycles. The third-order valence-electron chi connectivity index (χ3n) is 1.99. The molecule has 0 aliphatic rings. The molecule has 0 fully saturated rings. The highest BCUT2D eigenvalue weighted by Gasteiger charge is 2.02. The third kappa shape index (κ3) is 3.08. The van der Waals surface area contributed by atoms with E-state index in [0.29, 0.717) is 0 Å². The van der Waals surface area contributed by atoms with Crippen molar-refractivity contribution in [3.05, 3.63) is 28.2 Å². The van der Waals surface area contributed by atoms with Crippen LogP contribution in [0.1, 0.15) is 18.9 Å². The van der Waals surface area contributed by atoms with Crippen LogP contribution in [0.15, 0.2) is 22.7 Å². The second kappa shape index (κ2) is 5.07. The normalized spacial score (nSPS) is 11.9. The first-order valence-electron chi connectivity index (χ1n) is 4.65. The van der Waals surface area contributed by atoms with Gasteiger partial charge in [0.15, 0.2) is 0 Å². The maximum atomic E-state index is 5.38. The topological polar surface area (TPSA) is 12.0 Å². The Hall–Kier alpha value is -0.940. The molecule has 74 valence electrons. The maximum absolute atomic E-state index is 5.38. The van der Waals surface area contributed by atoms with E-state index < -0.39 is 0 Å². The van der Waals surface area contributed by atoms with Crippen LogP contribution in [-0.2, 0) is 0 Å². The van der Waals surface area contributed by atoms with Crippen molar-refractivity contribution in [2.24, 2.45) is 0 Å². The van der Waals surface area contributed by atoms with Crippen molar-refractivity contribution in [3.63, 3.8) is 0 Å². The molecule has 0 bridgehead atoms. The molecule has 1 aromatic carbocycles. The van der Waals surface area contributed by atoms with Crippen molar-refractivity contribution in [1.29, 1.82) is 0 Å². The van der Waals surface area contributed by atoms with Crippen molar-refractivity contribution in [3.8, 4) is 12.3 Å². The molecule has 0 amide bonds. The molecule has 0 aliphatic carbocycles. The van der Waals surface area contributed by atoms with Gasteiger partial charge < -0.3 is 5.32 Å². The Morgan fingerprint density at radius 3 is 2.71 bits per heavy atom. The van der Waals surface area contributed by atoms with Gasteiger partial charge in [-0.3, -0.25) is 0 Å². The lowest BCUT2D eigenvalue weighted by Crippen LogP contribution is -2.15. The van der Waals surface area contributed by atoms with Crippen LogP contribution in [0.25, 0.3) is 0 Å². The summed E-state index contributed by atoms with van der Waals surface area (Å²) < 4.78 is 1.08. The quantitative estimate of drug-likeness (QED) is 0.811. The lowest BCUT2D eigenvalue weighted by Gasteiger charge is -2.13. The predicted molar refractivity (Wildman–Crippen MR) is 65.4 cm³/mol. The van der Waals surface area contributed by atoms with E-state index >= 15 is 0 Å². The van der Waals surface area contributed by atoms with Crippen LogP contribution in [0.2, 0.25) is 0 Å². The number of hydrogen-bond donors (Lipinski definition) is 1. The van der Waals surface area contributed by atoms with Gasteiger partial charge in [0.1, 0.15) is 0 Å². The standard InChI is InChI=1S/C12H14BrN/c1-4-11(5-2)14-12-7-9(3)6-10(13)8-12/h1,6-8,11,14H,5H2,2-3H3. The molecule has 1 N–H and O–H groups in total. The number of aryl methyl sites for hydroxylation is 1. The zero-order chi connectivity index (χ0) is 10.6. The number of terminal acetylenes is 1. The zero-order valence-electron chi connectivity index (χ0n) is 8.47.